The fourth-order valence-corrected chi connectivity index (χ4v) is 1.19. The van der Waals surface area contributed by atoms with Crippen LogP contribution in [0, 0.1) is 5.82 Å². The van der Waals surface area contributed by atoms with Crippen molar-refractivity contribution in [1.82, 2.24) is 0 Å². The summed E-state index contributed by atoms with van der Waals surface area (Å²) in [6, 6.07) is 2.88. The van der Waals surface area contributed by atoms with Gasteiger partial charge in [0.15, 0.2) is 11.6 Å². The Morgan fingerprint density at radius 2 is 2.36 bits per heavy atom. The van der Waals surface area contributed by atoms with Gasteiger partial charge >= 0.3 is 0 Å². The van der Waals surface area contributed by atoms with E-state index >= 15 is 0 Å². The van der Waals surface area contributed by atoms with Crippen LogP contribution in [0.2, 0.25) is 5.02 Å². The van der Waals surface area contributed by atoms with Crippen molar-refractivity contribution in [2.45, 2.75) is 6.92 Å². The molecule has 0 radical (unpaired) electrons. The summed E-state index contributed by atoms with van der Waals surface area (Å²) >= 11 is 5.71. The molecule has 1 aromatic carbocycles. The number of rotatable bonds is 3. The standard InChI is InChI=1S/C9H9ClFNO2/c1-2-14-9-7(10)4-3-6(5-12-13)8(9)11/h3-5,13H,2H2,1H3/b12-5+. The molecule has 0 aromatic heterocycles. The number of nitrogens with zero attached hydrogens (tertiary/aromatic N) is 1. The second-order valence-corrected chi connectivity index (χ2v) is 2.86. The Kier molecular flexibility index (Phi) is 3.71. The van der Waals surface area contributed by atoms with Crippen LogP contribution in [0.15, 0.2) is 17.3 Å². The predicted octanol–water partition coefficient (Wildman–Crippen LogP) is 2.69. The molecule has 0 fully saturated rings. The number of hydrogen-bond donors (Lipinski definition) is 1. The van der Waals surface area contributed by atoms with Gasteiger partial charge in [-0.3, -0.25) is 0 Å². The minimum atomic E-state index is -0.628. The number of hydrogen-bond acceptors (Lipinski definition) is 3. The molecule has 1 N–H and O–H groups in total. The zero-order chi connectivity index (χ0) is 10.6. The van der Waals surface area contributed by atoms with E-state index in [1.807, 2.05) is 0 Å². The topological polar surface area (TPSA) is 41.8 Å². The summed E-state index contributed by atoms with van der Waals surface area (Å²) in [5.74, 6) is -0.649. The molecule has 0 aliphatic carbocycles. The van der Waals surface area contributed by atoms with Crippen molar-refractivity contribution in [3.63, 3.8) is 0 Å². The quantitative estimate of drug-likeness (QED) is 0.481. The Bertz CT molecular complexity index is 355. The third-order valence-corrected chi connectivity index (χ3v) is 1.86. The summed E-state index contributed by atoms with van der Waals surface area (Å²) < 4.78 is 18.5. The van der Waals surface area contributed by atoms with Gasteiger partial charge in [0.25, 0.3) is 0 Å². The Labute approximate surface area is 85.8 Å². The second kappa shape index (κ2) is 4.81. The lowest BCUT2D eigenvalue weighted by molar-refractivity contribution is 0.318. The summed E-state index contributed by atoms with van der Waals surface area (Å²) in [5, 5.41) is 11.2. The molecule has 0 spiro atoms. The van der Waals surface area contributed by atoms with Crippen LogP contribution in [0.1, 0.15) is 12.5 Å². The van der Waals surface area contributed by atoms with E-state index in [1.54, 1.807) is 6.92 Å². The first-order valence-corrected chi connectivity index (χ1v) is 4.36. The van der Waals surface area contributed by atoms with E-state index in [1.165, 1.54) is 12.1 Å². The van der Waals surface area contributed by atoms with Crippen LogP contribution in [0.4, 0.5) is 4.39 Å². The molecule has 1 aromatic rings. The molecule has 0 saturated carbocycles. The highest BCUT2D eigenvalue weighted by Crippen LogP contribution is 2.29. The minimum Gasteiger partial charge on any atom is -0.489 e. The first-order chi connectivity index (χ1) is 6.70. The van der Waals surface area contributed by atoms with Crippen LogP contribution in [0.25, 0.3) is 0 Å². The average Bonchev–Trinajstić information content (AvgIpc) is 2.17. The van der Waals surface area contributed by atoms with Gasteiger partial charge in [-0.15, -0.1) is 0 Å². The molecule has 1 rings (SSSR count). The Morgan fingerprint density at radius 1 is 1.64 bits per heavy atom. The number of ether oxygens (including phenoxy) is 1. The van der Waals surface area contributed by atoms with Gasteiger partial charge in [-0.25, -0.2) is 4.39 Å². The van der Waals surface area contributed by atoms with Crippen LogP contribution in [-0.4, -0.2) is 18.0 Å². The van der Waals surface area contributed by atoms with Crippen LogP contribution in [-0.2, 0) is 0 Å². The Balaban J connectivity index is 3.18. The van der Waals surface area contributed by atoms with E-state index < -0.39 is 5.82 Å². The number of oxime groups is 1. The van der Waals surface area contributed by atoms with Gasteiger partial charge < -0.3 is 9.94 Å². The van der Waals surface area contributed by atoms with Crippen molar-refractivity contribution in [3.05, 3.63) is 28.5 Å². The second-order valence-electron chi connectivity index (χ2n) is 2.46. The van der Waals surface area contributed by atoms with Crippen molar-refractivity contribution in [2.75, 3.05) is 6.61 Å². The summed E-state index contributed by atoms with van der Waals surface area (Å²) in [6.07, 6.45) is 0.980. The van der Waals surface area contributed by atoms with Gasteiger partial charge in [-0.1, -0.05) is 16.8 Å². The highest BCUT2D eigenvalue weighted by molar-refractivity contribution is 6.32. The number of benzene rings is 1. The lowest BCUT2D eigenvalue weighted by Crippen LogP contribution is -1.98. The van der Waals surface area contributed by atoms with E-state index in [0.29, 0.717) is 6.61 Å². The first kappa shape index (κ1) is 10.8. The Hall–Kier alpha value is -1.29. The van der Waals surface area contributed by atoms with Gasteiger partial charge in [0.1, 0.15) is 0 Å². The largest absolute Gasteiger partial charge is 0.489 e. The van der Waals surface area contributed by atoms with Crippen molar-refractivity contribution in [2.24, 2.45) is 5.16 Å². The summed E-state index contributed by atoms with van der Waals surface area (Å²) in [4.78, 5) is 0. The molecule has 0 atom stereocenters. The molecule has 0 heterocycles. The molecule has 0 aliphatic heterocycles. The minimum absolute atomic E-state index is 0.0217. The molecular weight excluding hydrogens is 209 g/mol. The molecule has 14 heavy (non-hydrogen) atoms. The van der Waals surface area contributed by atoms with Gasteiger partial charge in [0, 0.05) is 5.56 Å². The third-order valence-electron chi connectivity index (χ3n) is 1.56. The van der Waals surface area contributed by atoms with Gasteiger partial charge in [-0.05, 0) is 19.1 Å². The van der Waals surface area contributed by atoms with Crippen molar-refractivity contribution < 1.29 is 14.3 Å². The average molecular weight is 218 g/mol. The first-order valence-electron chi connectivity index (χ1n) is 3.99. The predicted molar refractivity (Wildman–Crippen MR) is 52.0 cm³/mol. The van der Waals surface area contributed by atoms with Gasteiger partial charge in [-0.2, -0.15) is 0 Å². The fourth-order valence-electron chi connectivity index (χ4n) is 0.986. The fraction of sp³-hybridized carbons (Fsp3) is 0.222. The maximum Gasteiger partial charge on any atom is 0.175 e. The van der Waals surface area contributed by atoms with E-state index in [-0.39, 0.29) is 16.3 Å². The molecular formula is C9H9ClFNO2. The third kappa shape index (κ3) is 2.14. The zero-order valence-corrected chi connectivity index (χ0v) is 8.25. The molecule has 5 heteroatoms. The van der Waals surface area contributed by atoms with E-state index in [9.17, 15) is 4.39 Å². The molecule has 76 valence electrons. The zero-order valence-electron chi connectivity index (χ0n) is 7.50. The lowest BCUT2D eigenvalue weighted by Gasteiger charge is -2.07. The highest BCUT2D eigenvalue weighted by Gasteiger charge is 2.12. The molecule has 0 amide bonds. The maximum absolute atomic E-state index is 13.5. The summed E-state index contributed by atoms with van der Waals surface area (Å²) in [6.45, 7) is 2.04. The summed E-state index contributed by atoms with van der Waals surface area (Å²) in [5.41, 5.74) is 0.125. The van der Waals surface area contributed by atoms with Gasteiger partial charge in [0.2, 0.25) is 0 Å². The van der Waals surface area contributed by atoms with Gasteiger partial charge in [0.05, 0.1) is 17.8 Å². The molecule has 0 saturated heterocycles. The molecule has 0 aliphatic rings. The van der Waals surface area contributed by atoms with E-state index in [2.05, 4.69) is 5.16 Å². The van der Waals surface area contributed by atoms with Crippen molar-refractivity contribution >= 4 is 17.8 Å². The van der Waals surface area contributed by atoms with Crippen LogP contribution < -0.4 is 4.74 Å². The summed E-state index contributed by atoms with van der Waals surface area (Å²) in [7, 11) is 0. The number of halogens is 2. The SMILES string of the molecule is CCOc1c(Cl)ccc(/C=N/O)c1F. The van der Waals surface area contributed by atoms with Crippen LogP contribution in [0.3, 0.4) is 0 Å². The van der Waals surface area contributed by atoms with Crippen molar-refractivity contribution in [3.8, 4) is 5.75 Å². The Morgan fingerprint density at radius 3 is 2.93 bits per heavy atom. The van der Waals surface area contributed by atoms with E-state index in [4.69, 9.17) is 21.5 Å². The molecule has 3 nitrogen and oxygen atoms in total. The smallest absolute Gasteiger partial charge is 0.175 e. The monoisotopic (exact) mass is 217 g/mol. The van der Waals surface area contributed by atoms with Crippen LogP contribution >= 0.6 is 11.6 Å². The lowest BCUT2D eigenvalue weighted by atomic mass is 10.2. The highest BCUT2D eigenvalue weighted by atomic mass is 35.5. The van der Waals surface area contributed by atoms with E-state index in [0.717, 1.165) is 6.21 Å². The molecule has 0 unspecified atom stereocenters. The van der Waals surface area contributed by atoms with Crippen molar-refractivity contribution in [1.29, 1.82) is 0 Å². The molecule has 0 bridgehead atoms. The normalized spacial score (nSPS) is 10.8. The maximum atomic E-state index is 13.5. The van der Waals surface area contributed by atoms with Crippen LogP contribution in [0.5, 0.6) is 5.75 Å².